The summed E-state index contributed by atoms with van der Waals surface area (Å²) in [5.41, 5.74) is 0.946. The van der Waals surface area contributed by atoms with E-state index in [-0.39, 0.29) is 0 Å². The molecule has 0 aliphatic rings. The van der Waals surface area contributed by atoms with E-state index in [0.717, 1.165) is 11.4 Å². The number of nitrogens with one attached hydrogen (secondary N) is 1. The molecule has 0 bridgehead atoms. The molecule has 0 aliphatic heterocycles. The second kappa shape index (κ2) is 4.62. The molecule has 1 rings (SSSR count). The molecule has 0 saturated heterocycles. The molecule has 0 unspecified atom stereocenters. The van der Waals surface area contributed by atoms with Gasteiger partial charge >= 0.3 is 0 Å². The lowest BCUT2D eigenvalue weighted by Gasteiger charge is -2.09. The standard InChI is InChI=1S/C9H13NO2/c1-11-7-10-8-5-3-4-6-9(8)12-2/h3-6,10H,7H2,1-2H3. The molecule has 0 saturated carbocycles. The monoisotopic (exact) mass is 167 g/mol. The molecule has 3 nitrogen and oxygen atoms in total. The molecular formula is C9H13NO2. The summed E-state index contributed by atoms with van der Waals surface area (Å²) in [5, 5.41) is 3.07. The van der Waals surface area contributed by atoms with Gasteiger partial charge in [0.1, 0.15) is 12.5 Å². The molecule has 0 radical (unpaired) electrons. The van der Waals surface area contributed by atoms with E-state index in [4.69, 9.17) is 9.47 Å². The van der Waals surface area contributed by atoms with Gasteiger partial charge in [-0.3, -0.25) is 0 Å². The lowest BCUT2D eigenvalue weighted by Crippen LogP contribution is -2.04. The van der Waals surface area contributed by atoms with E-state index in [0.29, 0.717) is 6.73 Å². The number of anilines is 1. The second-order valence-electron chi connectivity index (χ2n) is 2.31. The van der Waals surface area contributed by atoms with E-state index >= 15 is 0 Å². The summed E-state index contributed by atoms with van der Waals surface area (Å²) in [7, 11) is 3.29. The number of methoxy groups -OCH3 is 2. The molecule has 66 valence electrons. The summed E-state index contributed by atoms with van der Waals surface area (Å²) < 4.78 is 10.0. The summed E-state index contributed by atoms with van der Waals surface area (Å²) in [6, 6.07) is 7.72. The number of para-hydroxylation sites is 2. The summed E-state index contributed by atoms with van der Waals surface area (Å²) in [5.74, 6) is 0.828. The Labute approximate surface area is 72.3 Å². The lowest BCUT2D eigenvalue weighted by atomic mass is 10.3. The molecule has 0 fully saturated rings. The molecule has 12 heavy (non-hydrogen) atoms. The van der Waals surface area contributed by atoms with Crippen molar-refractivity contribution in [1.82, 2.24) is 0 Å². The van der Waals surface area contributed by atoms with Crippen molar-refractivity contribution in [2.45, 2.75) is 0 Å². The van der Waals surface area contributed by atoms with Crippen molar-refractivity contribution in [2.24, 2.45) is 0 Å². The van der Waals surface area contributed by atoms with Crippen LogP contribution in [0.3, 0.4) is 0 Å². The van der Waals surface area contributed by atoms with E-state index in [2.05, 4.69) is 5.32 Å². The number of ether oxygens (including phenoxy) is 2. The van der Waals surface area contributed by atoms with E-state index in [1.165, 1.54) is 0 Å². The molecule has 0 heterocycles. The van der Waals surface area contributed by atoms with E-state index < -0.39 is 0 Å². The van der Waals surface area contributed by atoms with Crippen LogP contribution >= 0.6 is 0 Å². The van der Waals surface area contributed by atoms with Gasteiger partial charge in [0.2, 0.25) is 0 Å². The Hall–Kier alpha value is -1.22. The van der Waals surface area contributed by atoms with Gasteiger partial charge in [-0.1, -0.05) is 12.1 Å². The number of hydrogen-bond acceptors (Lipinski definition) is 3. The predicted octanol–water partition coefficient (Wildman–Crippen LogP) is 1.71. The van der Waals surface area contributed by atoms with Gasteiger partial charge in [-0.25, -0.2) is 0 Å². The molecule has 0 aliphatic carbocycles. The maximum atomic E-state index is 5.12. The zero-order valence-corrected chi connectivity index (χ0v) is 7.33. The Morgan fingerprint density at radius 2 is 2.00 bits per heavy atom. The zero-order valence-electron chi connectivity index (χ0n) is 7.33. The molecule has 0 atom stereocenters. The third-order valence-corrected chi connectivity index (χ3v) is 1.51. The van der Waals surface area contributed by atoms with Gasteiger partial charge in [0.25, 0.3) is 0 Å². The fourth-order valence-electron chi connectivity index (χ4n) is 0.941. The van der Waals surface area contributed by atoms with Crippen LogP contribution in [0.5, 0.6) is 5.75 Å². The largest absolute Gasteiger partial charge is 0.495 e. The number of benzene rings is 1. The van der Waals surface area contributed by atoms with Crippen molar-refractivity contribution in [3.8, 4) is 5.75 Å². The highest BCUT2D eigenvalue weighted by Gasteiger charge is 1.97. The molecule has 0 amide bonds. The third-order valence-electron chi connectivity index (χ3n) is 1.51. The fraction of sp³-hybridized carbons (Fsp3) is 0.333. The highest BCUT2D eigenvalue weighted by Crippen LogP contribution is 2.22. The van der Waals surface area contributed by atoms with Crippen molar-refractivity contribution in [3.63, 3.8) is 0 Å². The van der Waals surface area contributed by atoms with Crippen LogP contribution in [-0.2, 0) is 4.74 Å². The number of rotatable bonds is 4. The van der Waals surface area contributed by atoms with Crippen molar-refractivity contribution in [3.05, 3.63) is 24.3 Å². The minimum Gasteiger partial charge on any atom is -0.495 e. The summed E-state index contributed by atoms with van der Waals surface area (Å²) in [4.78, 5) is 0. The van der Waals surface area contributed by atoms with Crippen molar-refractivity contribution in [2.75, 3.05) is 26.3 Å². The van der Waals surface area contributed by atoms with Crippen LogP contribution in [0.25, 0.3) is 0 Å². The summed E-state index contributed by atoms with van der Waals surface area (Å²) in [6.45, 7) is 0.486. The highest BCUT2D eigenvalue weighted by atomic mass is 16.5. The van der Waals surface area contributed by atoms with Crippen LogP contribution in [0.2, 0.25) is 0 Å². The van der Waals surface area contributed by atoms with Gasteiger partial charge in [0, 0.05) is 7.11 Å². The SMILES string of the molecule is COCNc1ccccc1OC. The van der Waals surface area contributed by atoms with Crippen LogP contribution in [0.1, 0.15) is 0 Å². The first kappa shape index (κ1) is 8.87. The molecule has 0 spiro atoms. The van der Waals surface area contributed by atoms with Crippen molar-refractivity contribution in [1.29, 1.82) is 0 Å². The Balaban J connectivity index is 2.68. The van der Waals surface area contributed by atoms with Gasteiger partial charge in [0.05, 0.1) is 12.8 Å². The number of hydrogen-bond donors (Lipinski definition) is 1. The maximum absolute atomic E-state index is 5.12. The average Bonchev–Trinajstić information content (AvgIpc) is 2.15. The third kappa shape index (κ3) is 2.13. The van der Waals surface area contributed by atoms with Gasteiger partial charge in [-0.2, -0.15) is 0 Å². The quantitative estimate of drug-likeness (QED) is 0.692. The molecule has 0 aromatic heterocycles. The predicted molar refractivity (Wildman–Crippen MR) is 48.5 cm³/mol. The molecular weight excluding hydrogens is 154 g/mol. The smallest absolute Gasteiger partial charge is 0.142 e. The molecule has 3 heteroatoms. The van der Waals surface area contributed by atoms with Crippen LogP contribution in [0, 0.1) is 0 Å². The minimum atomic E-state index is 0.486. The first-order valence-corrected chi connectivity index (χ1v) is 3.74. The second-order valence-corrected chi connectivity index (χ2v) is 2.31. The van der Waals surface area contributed by atoms with Crippen LogP contribution in [0.15, 0.2) is 24.3 Å². The van der Waals surface area contributed by atoms with Gasteiger partial charge < -0.3 is 14.8 Å². The molecule has 1 aromatic carbocycles. The van der Waals surface area contributed by atoms with E-state index in [1.807, 2.05) is 24.3 Å². The Morgan fingerprint density at radius 3 is 2.67 bits per heavy atom. The van der Waals surface area contributed by atoms with Gasteiger partial charge in [-0.05, 0) is 12.1 Å². The normalized spacial score (nSPS) is 9.50. The van der Waals surface area contributed by atoms with Crippen LogP contribution in [0.4, 0.5) is 5.69 Å². The summed E-state index contributed by atoms with van der Waals surface area (Å²) in [6.07, 6.45) is 0. The van der Waals surface area contributed by atoms with Gasteiger partial charge in [-0.15, -0.1) is 0 Å². The zero-order chi connectivity index (χ0) is 8.81. The summed E-state index contributed by atoms with van der Waals surface area (Å²) >= 11 is 0. The van der Waals surface area contributed by atoms with Crippen LogP contribution in [-0.4, -0.2) is 21.0 Å². The Morgan fingerprint density at radius 1 is 1.25 bits per heavy atom. The van der Waals surface area contributed by atoms with E-state index in [1.54, 1.807) is 14.2 Å². The Bertz CT molecular complexity index is 238. The fourth-order valence-corrected chi connectivity index (χ4v) is 0.941. The molecule has 1 N–H and O–H groups in total. The average molecular weight is 167 g/mol. The van der Waals surface area contributed by atoms with Crippen molar-refractivity contribution < 1.29 is 9.47 Å². The van der Waals surface area contributed by atoms with Crippen LogP contribution < -0.4 is 10.1 Å². The van der Waals surface area contributed by atoms with Gasteiger partial charge in [0.15, 0.2) is 0 Å². The first-order chi connectivity index (χ1) is 5.88. The van der Waals surface area contributed by atoms with Crippen molar-refractivity contribution >= 4 is 5.69 Å². The maximum Gasteiger partial charge on any atom is 0.142 e. The minimum absolute atomic E-state index is 0.486. The Kier molecular flexibility index (Phi) is 3.41. The first-order valence-electron chi connectivity index (χ1n) is 3.74. The van der Waals surface area contributed by atoms with E-state index in [9.17, 15) is 0 Å². The topological polar surface area (TPSA) is 30.5 Å². The lowest BCUT2D eigenvalue weighted by molar-refractivity contribution is 0.221. The molecule has 1 aromatic rings. The highest BCUT2D eigenvalue weighted by molar-refractivity contribution is 5.55.